The molecule has 1 aliphatic rings. The molecule has 0 radical (unpaired) electrons. The van der Waals surface area contributed by atoms with E-state index in [0.29, 0.717) is 0 Å². The standard InChI is InChI=1S/C9H13NS/c1-3-4-5-8-6-7-11-9(8)10-2/h5-7H,3-4H2,1-2H3/b8-5-,10-9?. The Balaban J connectivity index is 2.63. The van der Waals surface area contributed by atoms with Crippen LogP contribution in [-0.2, 0) is 0 Å². The number of aliphatic imine (C=N–C) groups is 1. The number of unbranched alkanes of at least 4 members (excludes halogenated alkanes) is 1. The molecular weight excluding hydrogens is 154 g/mol. The van der Waals surface area contributed by atoms with Gasteiger partial charge in [-0.05, 0) is 17.9 Å². The molecule has 0 unspecified atom stereocenters. The van der Waals surface area contributed by atoms with E-state index in [1.807, 2.05) is 7.05 Å². The largest absolute Gasteiger partial charge is 0.281 e. The quantitative estimate of drug-likeness (QED) is 0.616. The van der Waals surface area contributed by atoms with Crippen molar-refractivity contribution in [3.8, 4) is 0 Å². The lowest BCUT2D eigenvalue weighted by Gasteiger charge is -1.95. The highest BCUT2D eigenvalue weighted by atomic mass is 32.2. The Morgan fingerprint density at radius 2 is 2.45 bits per heavy atom. The molecular formula is C9H13NS. The van der Waals surface area contributed by atoms with Gasteiger partial charge in [0.05, 0.1) is 0 Å². The number of hydrogen-bond donors (Lipinski definition) is 0. The van der Waals surface area contributed by atoms with E-state index >= 15 is 0 Å². The van der Waals surface area contributed by atoms with E-state index in [2.05, 4.69) is 29.5 Å². The second kappa shape index (κ2) is 4.39. The zero-order chi connectivity index (χ0) is 8.10. The van der Waals surface area contributed by atoms with Gasteiger partial charge in [0.25, 0.3) is 0 Å². The summed E-state index contributed by atoms with van der Waals surface area (Å²) >= 11 is 1.70. The average molecular weight is 167 g/mol. The molecule has 0 N–H and O–H groups in total. The minimum absolute atomic E-state index is 1.15. The molecule has 1 heterocycles. The molecule has 60 valence electrons. The SMILES string of the molecule is CCC/C=C1/C=CSC1=NC. The first-order valence-electron chi connectivity index (χ1n) is 3.89. The van der Waals surface area contributed by atoms with Gasteiger partial charge >= 0.3 is 0 Å². The highest BCUT2D eigenvalue weighted by molar-refractivity contribution is 8.17. The lowest BCUT2D eigenvalue weighted by atomic mass is 10.2. The normalized spacial score (nSPS) is 23.8. The van der Waals surface area contributed by atoms with Crippen LogP contribution in [-0.4, -0.2) is 12.1 Å². The predicted octanol–water partition coefficient (Wildman–Crippen LogP) is 3.00. The summed E-state index contributed by atoms with van der Waals surface area (Å²) in [4.78, 5) is 4.17. The fourth-order valence-corrected chi connectivity index (χ4v) is 1.68. The van der Waals surface area contributed by atoms with Gasteiger partial charge in [0.15, 0.2) is 0 Å². The highest BCUT2D eigenvalue weighted by Crippen LogP contribution is 2.23. The number of allylic oxidation sites excluding steroid dienone is 2. The van der Waals surface area contributed by atoms with Gasteiger partial charge in [0.2, 0.25) is 0 Å². The molecule has 0 aromatic heterocycles. The van der Waals surface area contributed by atoms with Crippen molar-refractivity contribution in [2.45, 2.75) is 19.8 Å². The molecule has 1 rings (SSSR count). The zero-order valence-corrected chi connectivity index (χ0v) is 7.82. The first-order chi connectivity index (χ1) is 5.38. The summed E-state index contributed by atoms with van der Waals surface area (Å²) in [6.45, 7) is 2.19. The summed E-state index contributed by atoms with van der Waals surface area (Å²) in [6, 6.07) is 0. The molecule has 1 aliphatic heterocycles. The number of thioether (sulfide) groups is 1. The monoisotopic (exact) mass is 167 g/mol. The first-order valence-corrected chi connectivity index (χ1v) is 4.77. The van der Waals surface area contributed by atoms with Gasteiger partial charge in [-0.25, -0.2) is 0 Å². The lowest BCUT2D eigenvalue weighted by molar-refractivity contribution is 0.956. The van der Waals surface area contributed by atoms with E-state index in [-0.39, 0.29) is 0 Å². The van der Waals surface area contributed by atoms with Crippen molar-refractivity contribution < 1.29 is 0 Å². The van der Waals surface area contributed by atoms with Gasteiger partial charge in [0.1, 0.15) is 5.04 Å². The van der Waals surface area contributed by atoms with E-state index in [9.17, 15) is 0 Å². The zero-order valence-electron chi connectivity index (χ0n) is 7.00. The number of nitrogens with zero attached hydrogens (tertiary/aromatic N) is 1. The second-order valence-corrected chi connectivity index (χ2v) is 3.29. The number of rotatable bonds is 2. The van der Waals surface area contributed by atoms with Crippen LogP contribution in [0.4, 0.5) is 0 Å². The molecule has 0 saturated heterocycles. The van der Waals surface area contributed by atoms with Gasteiger partial charge in [-0.1, -0.05) is 31.2 Å². The van der Waals surface area contributed by atoms with Crippen molar-refractivity contribution in [3.05, 3.63) is 23.1 Å². The molecule has 11 heavy (non-hydrogen) atoms. The predicted molar refractivity (Wildman–Crippen MR) is 53.1 cm³/mol. The summed E-state index contributed by atoms with van der Waals surface area (Å²) in [5, 5.41) is 3.24. The van der Waals surface area contributed by atoms with Gasteiger partial charge in [-0.15, -0.1) is 0 Å². The van der Waals surface area contributed by atoms with Crippen molar-refractivity contribution in [3.63, 3.8) is 0 Å². The average Bonchev–Trinajstić information content (AvgIpc) is 2.47. The van der Waals surface area contributed by atoms with Crippen LogP contribution in [0.15, 0.2) is 28.1 Å². The smallest absolute Gasteiger partial charge is 0.101 e. The third kappa shape index (κ3) is 2.22. The van der Waals surface area contributed by atoms with E-state index < -0.39 is 0 Å². The fourth-order valence-electron chi connectivity index (χ4n) is 0.948. The minimum Gasteiger partial charge on any atom is -0.281 e. The topological polar surface area (TPSA) is 12.4 Å². The lowest BCUT2D eigenvalue weighted by Crippen LogP contribution is -1.88. The summed E-state index contributed by atoms with van der Waals surface area (Å²) in [5.41, 5.74) is 1.29. The van der Waals surface area contributed by atoms with Crippen molar-refractivity contribution >= 4 is 16.8 Å². The molecule has 0 saturated carbocycles. The first kappa shape index (κ1) is 8.60. The molecule has 0 bridgehead atoms. The third-order valence-electron chi connectivity index (χ3n) is 1.53. The summed E-state index contributed by atoms with van der Waals surface area (Å²) in [5.74, 6) is 0. The van der Waals surface area contributed by atoms with Crippen molar-refractivity contribution in [1.82, 2.24) is 0 Å². The Labute approximate surface area is 72.3 Å². The molecule has 0 amide bonds. The maximum atomic E-state index is 4.17. The van der Waals surface area contributed by atoms with Crippen LogP contribution in [0.3, 0.4) is 0 Å². The van der Waals surface area contributed by atoms with Gasteiger partial charge in [-0.3, -0.25) is 4.99 Å². The van der Waals surface area contributed by atoms with Crippen LogP contribution in [0.25, 0.3) is 0 Å². The molecule has 2 heteroatoms. The fraction of sp³-hybridized carbons (Fsp3) is 0.444. The van der Waals surface area contributed by atoms with Crippen LogP contribution >= 0.6 is 11.8 Å². The van der Waals surface area contributed by atoms with Gasteiger partial charge in [-0.2, -0.15) is 0 Å². The Hall–Kier alpha value is -0.500. The van der Waals surface area contributed by atoms with Crippen molar-refractivity contribution in [2.24, 2.45) is 4.99 Å². The van der Waals surface area contributed by atoms with E-state index in [0.717, 1.165) is 11.5 Å². The minimum atomic E-state index is 1.15. The van der Waals surface area contributed by atoms with E-state index in [4.69, 9.17) is 0 Å². The van der Waals surface area contributed by atoms with Crippen molar-refractivity contribution in [2.75, 3.05) is 7.05 Å². The van der Waals surface area contributed by atoms with Crippen LogP contribution in [0.5, 0.6) is 0 Å². The van der Waals surface area contributed by atoms with Crippen LogP contribution in [0.1, 0.15) is 19.8 Å². The summed E-state index contributed by atoms with van der Waals surface area (Å²) in [6.07, 6.45) is 6.74. The molecule has 0 aromatic carbocycles. The summed E-state index contributed by atoms with van der Waals surface area (Å²) in [7, 11) is 1.84. The van der Waals surface area contributed by atoms with Crippen LogP contribution < -0.4 is 0 Å². The second-order valence-electron chi connectivity index (χ2n) is 2.40. The van der Waals surface area contributed by atoms with Gasteiger partial charge in [0, 0.05) is 12.6 Å². The third-order valence-corrected chi connectivity index (χ3v) is 2.44. The Morgan fingerprint density at radius 3 is 3.09 bits per heavy atom. The maximum absolute atomic E-state index is 4.17. The molecule has 0 aliphatic carbocycles. The van der Waals surface area contributed by atoms with E-state index in [1.165, 1.54) is 12.0 Å². The molecule has 0 fully saturated rings. The van der Waals surface area contributed by atoms with Crippen LogP contribution in [0, 0.1) is 0 Å². The number of hydrogen-bond acceptors (Lipinski definition) is 2. The highest BCUT2D eigenvalue weighted by Gasteiger charge is 2.07. The van der Waals surface area contributed by atoms with E-state index in [1.54, 1.807) is 11.8 Å². The van der Waals surface area contributed by atoms with Crippen molar-refractivity contribution in [1.29, 1.82) is 0 Å². The Kier molecular flexibility index (Phi) is 3.43. The Morgan fingerprint density at radius 1 is 1.64 bits per heavy atom. The van der Waals surface area contributed by atoms with Gasteiger partial charge < -0.3 is 0 Å². The summed E-state index contributed by atoms with van der Waals surface area (Å²) < 4.78 is 0. The molecule has 0 atom stereocenters. The Bertz CT molecular complexity index is 214. The van der Waals surface area contributed by atoms with Crippen LogP contribution in [0.2, 0.25) is 0 Å². The molecule has 0 spiro atoms. The molecule has 1 nitrogen and oxygen atoms in total. The molecule has 0 aromatic rings. The maximum Gasteiger partial charge on any atom is 0.101 e.